The van der Waals surface area contributed by atoms with Crippen molar-refractivity contribution in [1.29, 1.82) is 0 Å². The minimum Gasteiger partial charge on any atom is -0.493 e. The standard InChI is InChI=1S/C26H28N2O2S/c1-20(2)17-30-25-14-10-21(11-15-25)16-27-28-26(29)24-12-8-23(9-13-24)19-31-18-22-6-4-3-5-7-22/h3-16,20H,17-19H2,1-2H3,(H,28,29)/b27-16+. The van der Waals surface area contributed by atoms with E-state index in [0.29, 0.717) is 18.1 Å². The van der Waals surface area contributed by atoms with E-state index in [1.165, 1.54) is 11.1 Å². The monoisotopic (exact) mass is 432 g/mol. The van der Waals surface area contributed by atoms with Gasteiger partial charge in [0, 0.05) is 17.1 Å². The van der Waals surface area contributed by atoms with E-state index in [9.17, 15) is 4.79 Å². The first kappa shape index (κ1) is 22.6. The van der Waals surface area contributed by atoms with Crippen molar-refractivity contribution in [1.82, 2.24) is 5.43 Å². The van der Waals surface area contributed by atoms with Crippen molar-refractivity contribution >= 4 is 23.9 Å². The Labute approximate surface area is 188 Å². The summed E-state index contributed by atoms with van der Waals surface area (Å²) in [6.45, 7) is 4.92. The van der Waals surface area contributed by atoms with E-state index >= 15 is 0 Å². The Hall–Kier alpha value is -3.05. The van der Waals surface area contributed by atoms with Gasteiger partial charge in [-0.25, -0.2) is 5.43 Å². The molecular formula is C26H28N2O2S. The minimum absolute atomic E-state index is 0.225. The summed E-state index contributed by atoms with van der Waals surface area (Å²) in [5, 5.41) is 4.06. The van der Waals surface area contributed by atoms with Crippen molar-refractivity contribution in [2.24, 2.45) is 11.0 Å². The second kappa shape index (κ2) is 12.0. The van der Waals surface area contributed by atoms with Crippen LogP contribution in [-0.2, 0) is 11.5 Å². The highest BCUT2D eigenvalue weighted by Gasteiger charge is 2.04. The summed E-state index contributed by atoms with van der Waals surface area (Å²) < 4.78 is 5.66. The van der Waals surface area contributed by atoms with Gasteiger partial charge in [-0.2, -0.15) is 16.9 Å². The third-order valence-electron chi connectivity index (χ3n) is 4.44. The van der Waals surface area contributed by atoms with Crippen LogP contribution in [0.2, 0.25) is 0 Å². The quantitative estimate of drug-likeness (QED) is 0.320. The summed E-state index contributed by atoms with van der Waals surface area (Å²) in [5.41, 5.74) is 6.57. The van der Waals surface area contributed by atoms with Crippen LogP contribution < -0.4 is 10.2 Å². The summed E-state index contributed by atoms with van der Waals surface area (Å²) in [4.78, 5) is 12.3. The average molecular weight is 433 g/mol. The van der Waals surface area contributed by atoms with Gasteiger partial charge in [0.05, 0.1) is 12.8 Å². The third kappa shape index (κ3) is 7.95. The molecule has 31 heavy (non-hydrogen) atoms. The lowest BCUT2D eigenvalue weighted by atomic mass is 10.1. The molecule has 3 aromatic rings. The fourth-order valence-corrected chi connectivity index (χ4v) is 3.71. The molecule has 4 nitrogen and oxygen atoms in total. The van der Waals surface area contributed by atoms with E-state index in [2.05, 4.69) is 48.6 Å². The van der Waals surface area contributed by atoms with E-state index in [-0.39, 0.29) is 5.91 Å². The molecule has 0 saturated carbocycles. The number of hydrogen-bond acceptors (Lipinski definition) is 4. The SMILES string of the molecule is CC(C)COc1ccc(/C=N/NC(=O)c2ccc(CSCc3ccccc3)cc2)cc1. The molecule has 0 unspecified atom stereocenters. The molecule has 0 saturated heterocycles. The number of carbonyl (C=O) groups excluding carboxylic acids is 1. The van der Waals surface area contributed by atoms with Gasteiger partial charge in [0.1, 0.15) is 5.75 Å². The van der Waals surface area contributed by atoms with Crippen LogP contribution in [0.3, 0.4) is 0 Å². The van der Waals surface area contributed by atoms with E-state index in [1.54, 1.807) is 6.21 Å². The lowest BCUT2D eigenvalue weighted by Gasteiger charge is -2.08. The first-order chi connectivity index (χ1) is 15.1. The molecule has 160 valence electrons. The molecule has 5 heteroatoms. The normalized spacial score (nSPS) is 11.1. The number of thioether (sulfide) groups is 1. The highest BCUT2D eigenvalue weighted by molar-refractivity contribution is 7.97. The fourth-order valence-electron chi connectivity index (χ4n) is 2.76. The maximum atomic E-state index is 12.3. The highest BCUT2D eigenvalue weighted by atomic mass is 32.2. The van der Waals surface area contributed by atoms with E-state index in [4.69, 9.17) is 4.74 Å². The van der Waals surface area contributed by atoms with Crippen molar-refractivity contribution in [2.45, 2.75) is 25.4 Å². The Morgan fingerprint density at radius 2 is 1.58 bits per heavy atom. The van der Waals surface area contributed by atoms with E-state index in [1.807, 2.05) is 66.4 Å². The topological polar surface area (TPSA) is 50.7 Å². The van der Waals surface area contributed by atoms with Crippen LogP contribution in [0.5, 0.6) is 5.75 Å². The molecule has 3 aromatic carbocycles. The summed E-state index contributed by atoms with van der Waals surface area (Å²) in [6.07, 6.45) is 1.62. The first-order valence-corrected chi connectivity index (χ1v) is 11.5. The lowest BCUT2D eigenvalue weighted by molar-refractivity contribution is 0.0955. The first-order valence-electron chi connectivity index (χ1n) is 10.4. The Balaban J connectivity index is 1.43. The number of carbonyl (C=O) groups is 1. The smallest absolute Gasteiger partial charge is 0.271 e. The Bertz CT molecular complexity index is 969. The number of benzene rings is 3. The fraction of sp³-hybridized carbons (Fsp3) is 0.231. The van der Waals surface area contributed by atoms with Crippen LogP contribution in [0.1, 0.15) is 40.9 Å². The van der Waals surface area contributed by atoms with E-state index < -0.39 is 0 Å². The molecule has 0 radical (unpaired) electrons. The second-order valence-corrected chi connectivity index (χ2v) is 8.63. The molecule has 0 aliphatic heterocycles. The molecule has 0 aromatic heterocycles. The van der Waals surface area contributed by atoms with Crippen molar-refractivity contribution < 1.29 is 9.53 Å². The minimum atomic E-state index is -0.225. The van der Waals surface area contributed by atoms with Gasteiger partial charge in [0.25, 0.3) is 5.91 Å². The number of nitrogens with one attached hydrogen (secondary N) is 1. The Morgan fingerprint density at radius 3 is 2.23 bits per heavy atom. The van der Waals surface area contributed by atoms with Gasteiger partial charge in [-0.05, 0) is 59.0 Å². The average Bonchev–Trinajstić information content (AvgIpc) is 2.79. The number of ether oxygens (including phenoxy) is 1. The zero-order valence-corrected chi connectivity index (χ0v) is 18.8. The van der Waals surface area contributed by atoms with E-state index in [0.717, 1.165) is 22.8 Å². The summed E-state index contributed by atoms with van der Waals surface area (Å²) in [6, 6.07) is 25.7. The molecule has 0 aliphatic carbocycles. The van der Waals surface area contributed by atoms with Crippen LogP contribution in [0.25, 0.3) is 0 Å². The number of nitrogens with zero attached hydrogens (tertiary/aromatic N) is 1. The van der Waals surface area contributed by atoms with Crippen LogP contribution in [-0.4, -0.2) is 18.7 Å². The number of amides is 1. The summed E-state index contributed by atoms with van der Waals surface area (Å²) in [7, 11) is 0. The number of rotatable bonds is 10. The maximum Gasteiger partial charge on any atom is 0.271 e. The van der Waals surface area contributed by atoms with Crippen LogP contribution in [0.15, 0.2) is 84.0 Å². The Kier molecular flexibility index (Phi) is 8.73. The summed E-state index contributed by atoms with van der Waals surface area (Å²) in [5.74, 6) is 2.97. The van der Waals surface area contributed by atoms with Gasteiger partial charge in [0.15, 0.2) is 0 Å². The third-order valence-corrected chi connectivity index (χ3v) is 5.51. The molecule has 3 rings (SSSR count). The van der Waals surface area contributed by atoms with Crippen molar-refractivity contribution in [2.75, 3.05) is 6.61 Å². The van der Waals surface area contributed by atoms with Gasteiger partial charge < -0.3 is 4.74 Å². The predicted octanol–water partition coefficient (Wildman–Crippen LogP) is 5.92. The molecule has 0 bridgehead atoms. The number of hydrogen-bond donors (Lipinski definition) is 1. The molecule has 0 fully saturated rings. The zero-order chi connectivity index (χ0) is 21.9. The zero-order valence-electron chi connectivity index (χ0n) is 18.0. The van der Waals surface area contributed by atoms with Crippen LogP contribution >= 0.6 is 11.8 Å². The highest BCUT2D eigenvalue weighted by Crippen LogP contribution is 2.18. The van der Waals surface area contributed by atoms with Gasteiger partial charge >= 0.3 is 0 Å². The van der Waals surface area contributed by atoms with Gasteiger partial charge in [-0.15, -0.1) is 0 Å². The van der Waals surface area contributed by atoms with Gasteiger partial charge in [0.2, 0.25) is 0 Å². The summed E-state index contributed by atoms with van der Waals surface area (Å²) >= 11 is 1.86. The van der Waals surface area contributed by atoms with Gasteiger partial charge in [-0.3, -0.25) is 4.79 Å². The Morgan fingerprint density at radius 1 is 0.935 bits per heavy atom. The molecule has 0 aliphatic rings. The van der Waals surface area contributed by atoms with Crippen molar-refractivity contribution in [3.05, 3.63) is 101 Å². The number of hydrazone groups is 1. The molecular weight excluding hydrogens is 404 g/mol. The molecule has 0 atom stereocenters. The maximum absolute atomic E-state index is 12.3. The molecule has 0 spiro atoms. The predicted molar refractivity (Wildman–Crippen MR) is 130 cm³/mol. The lowest BCUT2D eigenvalue weighted by Crippen LogP contribution is -2.17. The molecule has 0 heterocycles. The van der Waals surface area contributed by atoms with Gasteiger partial charge in [-0.1, -0.05) is 56.3 Å². The molecule has 1 amide bonds. The van der Waals surface area contributed by atoms with Crippen LogP contribution in [0, 0.1) is 5.92 Å². The largest absolute Gasteiger partial charge is 0.493 e. The van der Waals surface area contributed by atoms with Crippen molar-refractivity contribution in [3.8, 4) is 5.75 Å². The molecule has 1 N–H and O–H groups in total. The van der Waals surface area contributed by atoms with Crippen LogP contribution in [0.4, 0.5) is 0 Å². The second-order valence-electron chi connectivity index (χ2n) is 7.65. The van der Waals surface area contributed by atoms with Crippen molar-refractivity contribution in [3.63, 3.8) is 0 Å².